The molecule has 0 spiro atoms. The third kappa shape index (κ3) is 6.74. The predicted molar refractivity (Wildman–Crippen MR) is 145 cm³/mol. The number of anilines is 1. The molecule has 3 aromatic carbocycles. The normalized spacial score (nSPS) is 11.2. The summed E-state index contributed by atoms with van der Waals surface area (Å²) in [5.41, 5.74) is 4.25. The number of benzene rings is 3. The highest BCUT2D eigenvalue weighted by atomic mass is 32.2. The van der Waals surface area contributed by atoms with E-state index in [2.05, 4.69) is 10.5 Å². The minimum atomic E-state index is -4.08. The first kappa shape index (κ1) is 28.3. The van der Waals surface area contributed by atoms with Crippen molar-refractivity contribution in [1.82, 2.24) is 5.43 Å². The second-order valence-corrected chi connectivity index (χ2v) is 9.87. The Kier molecular flexibility index (Phi) is 9.55. The number of hydrazone groups is 1. The molecule has 0 heterocycles. The van der Waals surface area contributed by atoms with Crippen molar-refractivity contribution in [3.63, 3.8) is 0 Å². The van der Waals surface area contributed by atoms with Crippen LogP contribution in [0.3, 0.4) is 0 Å². The van der Waals surface area contributed by atoms with Crippen molar-refractivity contribution in [1.29, 1.82) is 0 Å². The molecule has 1 N–H and O–H groups in total. The Morgan fingerprint density at radius 2 is 1.55 bits per heavy atom. The summed E-state index contributed by atoms with van der Waals surface area (Å²) in [4.78, 5) is 12.9. The fourth-order valence-corrected chi connectivity index (χ4v) is 4.97. The van der Waals surface area contributed by atoms with E-state index in [1.165, 1.54) is 39.7 Å². The van der Waals surface area contributed by atoms with Crippen LogP contribution in [0.2, 0.25) is 0 Å². The number of carbonyl (C=O) groups is 1. The first-order valence-electron chi connectivity index (χ1n) is 11.7. The minimum Gasteiger partial charge on any atom is -0.494 e. The van der Waals surface area contributed by atoms with E-state index >= 15 is 0 Å². The molecule has 3 aromatic rings. The second kappa shape index (κ2) is 12.8. The van der Waals surface area contributed by atoms with Crippen molar-refractivity contribution in [2.45, 2.75) is 18.7 Å². The average molecular weight is 542 g/mol. The standard InChI is InChI=1S/C27H31N3O7S/c1-6-37-22-11-13-23(14-12-22)38(32,33)30(21-9-7-19(2)8-10-21)18-26(31)29-28-17-20-15-24(34-3)27(36-5)25(16-20)35-4/h7-17H,6,18H2,1-5H3,(H,29,31)/b28-17-. The Morgan fingerprint density at radius 3 is 2.08 bits per heavy atom. The molecule has 0 saturated heterocycles. The Balaban J connectivity index is 1.84. The summed E-state index contributed by atoms with van der Waals surface area (Å²) < 4.78 is 49.5. The maximum atomic E-state index is 13.5. The predicted octanol–water partition coefficient (Wildman–Crippen LogP) is 3.77. The number of ether oxygens (including phenoxy) is 4. The summed E-state index contributed by atoms with van der Waals surface area (Å²) >= 11 is 0. The van der Waals surface area contributed by atoms with E-state index in [0.29, 0.717) is 40.9 Å². The van der Waals surface area contributed by atoms with Crippen molar-refractivity contribution in [3.05, 3.63) is 71.8 Å². The fourth-order valence-electron chi connectivity index (χ4n) is 3.55. The van der Waals surface area contributed by atoms with Gasteiger partial charge < -0.3 is 18.9 Å². The quantitative estimate of drug-likeness (QED) is 0.274. The topological polar surface area (TPSA) is 116 Å². The zero-order chi connectivity index (χ0) is 27.7. The number of methoxy groups -OCH3 is 3. The summed E-state index contributed by atoms with van der Waals surface area (Å²) in [5, 5.41) is 3.98. The molecule has 0 aliphatic carbocycles. The minimum absolute atomic E-state index is 0.0234. The SMILES string of the molecule is CCOc1ccc(S(=O)(=O)N(CC(=O)N/N=C\c2cc(OC)c(OC)c(OC)c2)c2ccc(C)cc2)cc1. The van der Waals surface area contributed by atoms with Crippen LogP contribution in [0.5, 0.6) is 23.0 Å². The van der Waals surface area contributed by atoms with E-state index in [4.69, 9.17) is 18.9 Å². The van der Waals surface area contributed by atoms with Crippen LogP contribution < -0.4 is 28.7 Å². The largest absolute Gasteiger partial charge is 0.494 e. The summed E-state index contributed by atoms with van der Waals surface area (Å²) in [5.74, 6) is 1.18. The molecule has 202 valence electrons. The van der Waals surface area contributed by atoms with Crippen LogP contribution in [-0.2, 0) is 14.8 Å². The molecule has 0 atom stereocenters. The molecule has 0 saturated carbocycles. The number of amides is 1. The molecule has 0 unspecified atom stereocenters. The molecule has 38 heavy (non-hydrogen) atoms. The first-order valence-corrected chi connectivity index (χ1v) is 13.1. The van der Waals surface area contributed by atoms with Crippen molar-refractivity contribution in [3.8, 4) is 23.0 Å². The lowest BCUT2D eigenvalue weighted by Gasteiger charge is -2.24. The van der Waals surface area contributed by atoms with E-state index in [1.54, 1.807) is 48.5 Å². The first-order chi connectivity index (χ1) is 18.2. The van der Waals surface area contributed by atoms with Crippen LogP contribution in [0.1, 0.15) is 18.1 Å². The van der Waals surface area contributed by atoms with Gasteiger partial charge in [-0.15, -0.1) is 0 Å². The smallest absolute Gasteiger partial charge is 0.264 e. The van der Waals surface area contributed by atoms with Gasteiger partial charge in [0, 0.05) is 5.56 Å². The van der Waals surface area contributed by atoms with Gasteiger partial charge in [0.15, 0.2) is 11.5 Å². The number of aryl methyl sites for hydroxylation is 1. The zero-order valence-electron chi connectivity index (χ0n) is 21.9. The number of nitrogens with zero attached hydrogens (tertiary/aromatic N) is 2. The fraction of sp³-hybridized carbons (Fsp3) is 0.259. The number of hydrogen-bond acceptors (Lipinski definition) is 8. The van der Waals surface area contributed by atoms with Crippen LogP contribution in [-0.4, -0.2) is 55.0 Å². The molecular weight excluding hydrogens is 510 g/mol. The molecule has 0 fully saturated rings. The number of rotatable bonds is 12. The molecule has 1 amide bonds. The lowest BCUT2D eigenvalue weighted by atomic mass is 10.2. The van der Waals surface area contributed by atoms with Crippen molar-refractivity contribution < 1.29 is 32.2 Å². The van der Waals surface area contributed by atoms with Crippen LogP contribution in [0, 0.1) is 6.92 Å². The summed E-state index contributed by atoms with van der Waals surface area (Å²) in [6.45, 7) is 3.69. The molecule has 0 aliphatic heterocycles. The molecular formula is C27H31N3O7S. The van der Waals surface area contributed by atoms with E-state index in [-0.39, 0.29) is 4.90 Å². The average Bonchev–Trinajstić information content (AvgIpc) is 2.92. The molecule has 0 aromatic heterocycles. The molecule has 0 radical (unpaired) electrons. The van der Waals surface area contributed by atoms with Gasteiger partial charge in [-0.25, -0.2) is 13.8 Å². The second-order valence-electron chi connectivity index (χ2n) is 8.00. The highest BCUT2D eigenvalue weighted by molar-refractivity contribution is 7.92. The van der Waals surface area contributed by atoms with Crippen LogP contribution >= 0.6 is 0 Å². The van der Waals surface area contributed by atoms with Gasteiger partial charge in [0.25, 0.3) is 15.9 Å². The van der Waals surface area contributed by atoms with Gasteiger partial charge in [0.2, 0.25) is 5.75 Å². The Hall–Kier alpha value is -4.25. The van der Waals surface area contributed by atoms with Crippen molar-refractivity contribution >= 4 is 27.8 Å². The highest BCUT2D eigenvalue weighted by Gasteiger charge is 2.27. The molecule has 11 heteroatoms. The number of sulfonamides is 1. The summed E-state index contributed by atoms with van der Waals surface area (Å²) in [6, 6.07) is 16.2. The van der Waals surface area contributed by atoms with Crippen LogP contribution in [0.25, 0.3) is 0 Å². The van der Waals surface area contributed by atoms with Gasteiger partial charge in [-0.2, -0.15) is 5.10 Å². The van der Waals surface area contributed by atoms with Gasteiger partial charge in [-0.05, 0) is 62.4 Å². The van der Waals surface area contributed by atoms with E-state index in [0.717, 1.165) is 9.87 Å². The van der Waals surface area contributed by atoms with E-state index in [9.17, 15) is 13.2 Å². The van der Waals surface area contributed by atoms with E-state index < -0.39 is 22.5 Å². The summed E-state index contributed by atoms with van der Waals surface area (Å²) in [7, 11) is 0.398. The number of carbonyl (C=O) groups excluding carboxylic acids is 1. The lowest BCUT2D eigenvalue weighted by Crippen LogP contribution is -2.39. The van der Waals surface area contributed by atoms with Gasteiger partial charge in [0.1, 0.15) is 12.3 Å². The number of hydrogen-bond donors (Lipinski definition) is 1. The van der Waals surface area contributed by atoms with Crippen LogP contribution in [0.15, 0.2) is 70.7 Å². The Bertz CT molecular complexity index is 1350. The molecule has 0 bridgehead atoms. The Labute approximate surface area is 222 Å². The monoisotopic (exact) mass is 541 g/mol. The van der Waals surface area contributed by atoms with Crippen LogP contribution in [0.4, 0.5) is 5.69 Å². The zero-order valence-corrected chi connectivity index (χ0v) is 22.7. The van der Waals surface area contributed by atoms with Gasteiger partial charge in [0.05, 0.1) is 44.7 Å². The van der Waals surface area contributed by atoms with E-state index in [1.807, 2.05) is 13.8 Å². The maximum Gasteiger partial charge on any atom is 0.264 e. The third-order valence-electron chi connectivity index (χ3n) is 5.42. The Morgan fingerprint density at radius 1 is 0.947 bits per heavy atom. The van der Waals surface area contributed by atoms with Crippen molar-refractivity contribution in [2.75, 3.05) is 38.8 Å². The van der Waals surface area contributed by atoms with Gasteiger partial charge in [-0.3, -0.25) is 9.10 Å². The van der Waals surface area contributed by atoms with Crippen molar-refractivity contribution in [2.24, 2.45) is 5.10 Å². The third-order valence-corrected chi connectivity index (χ3v) is 7.21. The van der Waals surface area contributed by atoms with Gasteiger partial charge >= 0.3 is 0 Å². The maximum absolute atomic E-state index is 13.5. The highest BCUT2D eigenvalue weighted by Crippen LogP contribution is 2.37. The lowest BCUT2D eigenvalue weighted by molar-refractivity contribution is -0.119. The number of nitrogens with one attached hydrogen (secondary N) is 1. The van der Waals surface area contributed by atoms with Gasteiger partial charge in [-0.1, -0.05) is 17.7 Å². The molecule has 0 aliphatic rings. The molecule has 3 rings (SSSR count). The summed E-state index contributed by atoms with van der Waals surface area (Å²) in [6.07, 6.45) is 1.39. The molecule has 10 nitrogen and oxygen atoms in total.